The summed E-state index contributed by atoms with van der Waals surface area (Å²) in [6, 6.07) is 14.4. The number of hydrogen-bond acceptors (Lipinski definition) is 4. The molecule has 0 bridgehead atoms. The predicted molar refractivity (Wildman–Crippen MR) is 132 cm³/mol. The number of aliphatic carboxylic acids is 1. The van der Waals surface area contributed by atoms with Crippen LogP contribution in [0.5, 0.6) is 0 Å². The van der Waals surface area contributed by atoms with E-state index in [0.29, 0.717) is 11.5 Å². The quantitative estimate of drug-likeness (QED) is 0.571. The number of nitrogens with zero attached hydrogens (tertiary/aromatic N) is 1. The second-order valence-electron chi connectivity index (χ2n) is 9.26. The normalized spacial score (nSPS) is 16.1. The molecule has 0 atom stereocenters. The van der Waals surface area contributed by atoms with Crippen molar-refractivity contribution in [2.75, 3.05) is 26.2 Å². The van der Waals surface area contributed by atoms with Gasteiger partial charge in [-0.15, -0.1) is 0 Å². The Morgan fingerprint density at radius 1 is 1.08 bits per heavy atom. The summed E-state index contributed by atoms with van der Waals surface area (Å²) in [6.07, 6.45) is -0.973. The van der Waals surface area contributed by atoms with Crippen LogP contribution in [0, 0.1) is 6.92 Å². The molecule has 0 spiro atoms. The maximum atomic E-state index is 12.6. The van der Waals surface area contributed by atoms with E-state index < -0.39 is 12.1 Å². The minimum absolute atomic E-state index is 0.00279. The number of alkyl halides is 3. The lowest BCUT2D eigenvalue weighted by Gasteiger charge is -2.33. The number of aryl methyl sites for hydroxylation is 2. The molecule has 2 aliphatic rings. The van der Waals surface area contributed by atoms with Crippen LogP contribution in [0.1, 0.15) is 57.8 Å². The Morgan fingerprint density at radius 2 is 1.76 bits per heavy atom. The molecular formula is C27H32F3N3O4. The molecule has 2 heterocycles. The Labute approximate surface area is 214 Å². The van der Waals surface area contributed by atoms with Gasteiger partial charge in [-0.25, -0.2) is 4.79 Å². The monoisotopic (exact) mass is 519 g/mol. The van der Waals surface area contributed by atoms with Crippen molar-refractivity contribution in [1.82, 2.24) is 15.5 Å². The average molecular weight is 520 g/mol. The van der Waals surface area contributed by atoms with Crippen LogP contribution in [0.15, 0.2) is 42.5 Å². The molecule has 0 aliphatic carbocycles. The third-order valence-electron chi connectivity index (χ3n) is 6.70. The van der Waals surface area contributed by atoms with Gasteiger partial charge in [0.2, 0.25) is 5.91 Å². The summed E-state index contributed by atoms with van der Waals surface area (Å²) in [5, 5.41) is 13.3. The van der Waals surface area contributed by atoms with Gasteiger partial charge in [-0.1, -0.05) is 30.3 Å². The molecule has 0 saturated carbocycles. The first-order chi connectivity index (χ1) is 17.6. The van der Waals surface area contributed by atoms with Gasteiger partial charge in [0.05, 0.1) is 6.54 Å². The van der Waals surface area contributed by atoms with Crippen molar-refractivity contribution in [3.05, 3.63) is 70.3 Å². The van der Waals surface area contributed by atoms with Crippen LogP contribution in [0.3, 0.4) is 0 Å². The number of fused-ring (bicyclic) bond motifs is 1. The highest BCUT2D eigenvalue weighted by molar-refractivity contribution is 5.96. The van der Waals surface area contributed by atoms with Crippen LogP contribution in [0.2, 0.25) is 0 Å². The topological polar surface area (TPSA) is 98.7 Å². The number of carbonyl (C=O) groups excluding carboxylic acids is 2. The van der Waals surface area contributed by atoms with Crippen LogP contribution in [0.4, 0.5) is 13.2 Å². The molecule has 1 saturated heterocycles. The molecule has 2 amide bonds. The van der Waals surface area contributed by atoms with Gasteiger partial charge in [0.15, 0.2) is 0 Å². The third-order valence-corrected chi connectivity index (χ3v) is 6.70. The van der Waals surface area contributed by atoms with Gasteiger partial charge in [-0.05, 0) is 79.5 Å². The van der Waals surface area contributed by atoms with E-state index in [1.54, 1.807) is 0 Å². The lowest BCUT2D eigenvalue weighted by atomic mass is 9.87. The molecule has 37 heavy (non-hydrogen) atoms. The van der Waals surface area contributed by atoms with Gasteiger partial charge in [-0.2, -0.15) is 13.2 Å². The van der Waals surface area contributed by atoms with Crippen LogP contribution in [-0.4, -0.2) is 60.1 Å². The van der Waals surface area contributed by atoms with Gasteiger partial charge in [0.1, 0.15) is 0 Å². The molecule has 2 aromatic rings. The minimum Gasteiger partial charge on any atom is -0.475 e. The fourth-order valence-electron chi connectivity index (χ4n) is 4.66. The van der Waals surface area contributed by atoms with Gasteiger partial charge in [0, 0.05) is 25.2 Å². The highest BCUT2D eigenvalue weighted by atomic mass is 19.4. The number of halogens is 3. The molecule has 2 aliphatic heterocycles. The van der Waals surface area contributed by atoms with Crippen LogP contribution in [0.25, 0.3) is 0 Å². The predicted octanol–water partition coefficient (Wildman–Crippen LogP) is 3.80. The number of likely N-dealkylation sites (tertiary alicyclic amines) is 1. The smallest absolute Gasteiger partial charge is 0.475 e. The molecule has 200 valence electrons. The van der Waals surface area contributed by atoms with E-state index in [4.69, 9.17) is 9.90 Å². The summed E-state index contributed by atoms with van der Waals surface area (Å²) in [6.45, 7) is 5.51. The van der Waals surface area contributed by atoms with E-state index in [1.807, 2.05) is 17.0 Å². The first-order valence-corrected chi connectivity index (χ1v) is 12.3. The second kappa shape index (κ2) is 12.7. The van der Waals surface area contributed by atoms with E-state index in [1.165, 1.54) is 22.3 Å². The van der Waals surface area contributed by atoms with E-state index in [-0.39, 0.29) is 18.4 Å². The van der Waals surface area contributed by atoms with Crippen LogP contribution >= 0.6 is 0 Å². The van der Waals surface area contributed by atoms with Crippen LogP contribution < -0.4 is 10.6 Å². The number of carbonyl (C=O) groups is 3. The number of carboxylic acids is 1. The number of carboxylic acid groups (broad SMARTS) is 1. The number of hydrogen-bond donors (Lipinski definition) is 3. The number of amides is 2. The lowest BCUT2D eigenvalue weighted by molar-refractivity contribution is -0.192. The number of benzene rings is 2. The summed E-state index contributed by atoms with van der Waals surface area (Å²) >= 11 is 0. The lowest BCUT2D eigenvalue weighted by Crippen LogP contribution is -2.43. The molecule has 2 aromatic carbocycles. The van der Waals surface area contributed by atoms with Crippen molar-refractivity contribution >= 4 is 17.8 Å². The summed E-state index contributed by atoms with van der Waals surface area (Å²) in [4.78, 5) is 36.0. The summed E-state index contributed by atoms with van der Waals surface area (Å²) < 4.78 is 31.7. The Hall–Kier alpha value is -3.40. The zero-order valence-corrected chi connectivity index (χ0v) is 20.7. The molecule has 0 aromatic heterocycles. The van der Waals surface area contributed by atoms with Crippen molar-refractivity contribution in [3.8, 4) is 0 Å². The van der Waals surface area contributed by atoms with Crippen molar-refractivity contribution < 1.29 is 32.7 Å². The fourth-order valence-corrected chi connectivity index (χ4v) is 4.66. The Morgan fingerprint density at radius 3 is 2.41 bits per heavy atom. The molecular weight excluding hydrogens is 487 g/mol. The largest absolute Gasteiger partial charge is 0.490 e. The van der Waals surface area contributed by atoms with Gasteiger partial charge in [0.25, 0.3) is 5.91 Å². The van der Waals surface area contributed by atoms with E-state index in [2.05, 4.69) is 47.9 Å². The molecule has 0 unspecified atom stereocenters. The van der Waals surface area contributed by atoms with Gasteiger partial charge < -0.3 is 20.6 Å². The zero-order valence-electron chi connectivity index (χ0n) is 20.7. The van der Waals surface area contributed by atoms with E-state index in [9.17, 15) is 22.8 Å². The fraction of sp³-hybridized carbons (Fsp3) is 0.444. The first-order valence-electron chi connectivity index (χ1n) is 12.3. The summed E-state index contributed by atoms with van der Waals surface area (Å²) in [7, 11) is 0. The van der Waals surface area contributed by atoms with Crippen molar-refractivity contribution in [2.24, 2.45) is 0 Å². The molecule has 1 fully saturated rings. The highest BCUT2D eigenvalue weighted by Gasteiger charge is 2.38. The number of rotatable bonds is 4. The maximum Gasteiger partial charge on any atom is 0.490 e. The Bertz CT molecular complexity index is 1110. The third kappa shape index (κ3) is 8.04. The molecule has 0 radical (unpaired) electrons. The molecule has 10 heteroatoms. The van der Waals surface area contributed by atoms with E-state index >= 15 is 0 Å². The van der Waals surface area contributed by atoms with Gasteiger partial charge in [-0.3, -0.25) is 9.59 Å². The SMILES string of the molecule is Cc1ccccc1C1CCN(C(=O)CNC(=O)c2ccc3c(c2)CNCCC3)CC1.O=C(O)C(F)(F)F. The average Bonchev–Trinajstić information content (AvgIpc) is 3.12. The van der Waals surface area contributed by atoms with Crippen molar-refractivity contribution in [1.29, 1.82) is 0 Å². The first kappa shape index (κ1) is 28.2. The number of nitrogens with one attached hydrogen (secondary N) is 2. The zero-order chi connectivity index (χ0) is 27.0. The Kier molecular flexibility index (Phi) is 9.68. The molecule has 4 rings (SSSR count). The van der Waals surface area contributed by atoms with Crippen molar-refractivity contribution in [3.63, 3.8) is 0 Å². The highest BCUT2D eigenvalue weighted by Crippen LogP contribution is 2.30. The summed E-state index contributed by atoms with van der Waals surface area (Å²) in [5.74, 6) is -2.42. The molecule has 7 nitrogen and oxygen atoms in total. The Balaban J connectivity index is 0.000000479. The maximum absolute atomic E-state index is 12.6. The minimum atomic E-state index is -5.08. The standard InChI is InChI=1S/C25H31N3O2.C2HF3O2/c1-18-5-2-3-7-23(18)20-10-13-28(14-11-20)24(29)17-27-25(30)21-9-8-19-6-4-12-26-16-22(19)15-21;3-2(4,5)1(6)7/h2-3,5,7-9,15,20,26H,4,6,10-14,16-17H2,1H3,(H,27,30);(H,6,7). The second-order valence-corrected chi connectivity index (χ2v) is 9.26. The molecule has 3 N–H and O–H groups in total. The van der Waals surface area contributed by atoms with Gasteiger partial charge >= 0.3 is 12.1 Å². The van der Waals surface area contributed by atoms with E-state index in [0.717, 1.165) is 51.9 Å². The number of piperidine rings is 1. The van der Waals surface area contributed by atoms with Crippen LogP contribution in [-0.2, 0) is 22.6 Å². The van der Waals surface area contributed by atoms with Crippen molar-refractivity contribution in [2.45, 2.75) is 51.2 Å². The summed E-state index contributed by atoms with van der Waals surface area (Å²) in [5.41, 5.74) is 5.85.